The maximum Gasteiger partial charge on any atom is 0.260 e. The number of benzene rings is 2. The van der Waals surface area contributed by atoms with Gasteiger partial charge in [-0.05, 0) is 62.4 Å². The molecule has 0 spiro atoms. The van der Waals surface area contributed by atoms with Crippen LogP contribution in [0.25, 0.3) is 5.69 Å². The van der Waals surface area contributed by atoms with Crippen LogP contribution in [-0.4, -0.2) is 37.9 Å². The van der Waals surface area contributed by atoms with Crippen molar-refractivity contribution in [2.75, 3.05) is 17.1 Å². The van der Waals surface area contributed by atoms with Gasteiger partial charge in [0.05, 0.1) is 18.2 Å². The summed E-state index contributed by atoms with van der Waals surface area (Å²) in [6, 6.07) is 16.1. The molecule has 10 heteroatoms. The fourth-order valence-electron chi connectivity index (χ4n) is 3.28. The van der Waals surface area contributed by atoms with Crippen molar-refractivity contribution in [2.45, 2.75) is 13.8 Å². The standard InChI is InChI=1S/C22H22BrClN4O3S/c1-15-11-17(16(2)28(15)21-6-4-5-18(23)12-21)13-25-26-22(29)14-27(32(3,30)31)20-9-7-19(24)8-10-20/h4-13H,14H2,1-3H3,(H,26,29)/b25-13-. The smallest absolute Gasteiger partial charge is 0.260 e. The summed E-state index contributed by atoms with van der Waals surface area (Å²) >= 11 is 9.35. The number of aromatic nitrogens is 1. The predicted octanol–water partition coefficient (Wildman–Crippen LogP) is 4.43. The van der Waals surface area contributed by atoms with E-state index in [4.69, 9.17) is 11.6 Å². The number of anilines is 1. The molecule has 3 aromatic rings. The summed E-state index contributed by atoms with van der Waals surface area (Å²) < 4.78 is 28.4. The van der Waals surface area contributed by atoms with Crippen LogP contribution in [0, 0.1) is 13.8 Å². The van der Waals surface area contributed by atoms with Gasteiger partial charge in [0.15, 0.2) is 0 Å². The third kappa shape index (κ3) is 5.79. The van der Waals surface area contributed by atoms with E-state index in [-0.39, 0.29) is 0 Å². The van der Waals surface area contributed by atoms with E-state index in [1.165, 1.54) is 12.1 Å². The largest absolute Gasteiger partial charge is 0.318 e. The molecule has 0 aliphatic heterocycles. The Morgan fingerprint density at radius 2 is 1.88 bits per heavy atom. The lowest BCUT2D eigenvalue weighted by Gasteiger charge is -2.21. The zero-order valence-corrected chi connectivity index (χ0v) is 20.9. The lowest BCUT2D eigenvalue weighted by molar-refractivity contribution is -0.119. The first-order chi connectivity index (χ1) is 15.1. The summed E-state index contributed by atoms with van der Waals surface area (Å²) in [6.07, 6.45) is 2.58. The van der Waals surface area contributed by atoms with Crippen LogP contribution in [0.2, 0.25) is 5.02 Å². The maximum absolute atomic E-state index is 12.4. The lowest BCUT2D eigenvalue weighted by Crippen LogP contribution is -2.39. The summed E-state index contributed by atoms with van der Waals surface area (Å²) in [7, 11) is -3.68. The van der Waals surface area contributed by atoms with Gasteiger partial charge < -0.3 is 4.57 Å². The second-order valence-electron chi connectivity index (χ2n) is 7.18. The zero-order valence-electron chi connectivity index (χ0n) is 17.7. The van der Waals surface area contributed by atoms with Crippen LogP contribution in [0.15, 0.2) is 64.2 Å². The molecule has 0 bridgehead atoms. The number of hydrogen-bond acceptors (Lipinski definition) is 4. The van der Waals surface area contributed by atoms with Crippen molar-refractivity contribution in [3.05, 3.63) is 81.0 Å². The van der Waals surface area contributed by atoms with E-state index in [0.717, 1.165) is 37.7 Å². The Morgan fingerprint density at radius 1 is 1.19 bits per heavy atom. The van der Waals surface area contributed by atoms with Crippen molar-refractivity contribution in [3.63, 3.8) is 0 Å². The van der Waals surface area contributed by atoms with Crippen LogP contribution >= 0.6 is 27.5 Å². The van der Waals surface area contributed by atoms with Crippen LogP contribution in [0.5, 0.6) is 0 Å². The molecule has 1 aromatic heterocycles. The van der Waals surface area contributed by atoms with Gasteiger partial charge in [-0.15, -0.1) is 0 Å². The normalized spacial score (nSPS) is 11.7. The first-order valence-corrected chi connectivity index (χ1v) is 12.6. The minimum absolute atomic E-state index is 0.341. The highest BCUT2D eigenvalue weighted by Crippen LogP contribution is 2.23. The van der Waals surface area contributed by atoms with Gasteiger partial charge in [-0.3, -0.25) is 9.10 Å². The summed E-state index contributed by atoms with van der Waals surface area (Å²) in [5.41, 5.74) is 6.55. The molecule has 0 atom stereocenters. The van der Waals surface area contributed by atoms with E-state index in [0.29, 0.717) is 10.7 Å². The number of rotatable bonds is 7. The second kappa shape index (κ2) is 9.89. The average Bonchev–Trinajstić information content (AvgIpc) is 2.99. The Bertz CT molecular complexity index is 1270. The SMILES string of the molecule is Cc1cc(/C=N\NC(=O)CN(c2ccc(Cl)cc2)S(C)(=O)=O)c(C)n1-c1cccc(Br)c1. The van der Waals surface area contributed by atoms with Crippen molar-refractivity contribution in [2.24, 2.45) is 5.10 Å². The minimum Gasteiger partial charge on any atom is -0.318 e. The molecule has 0 saturated carbocycles. The van der Waals surface area contributed by atoms with E-state index >= 15 is 0 Å². The Hall–Kier alpha value is -2.62. The maximum atomic E-state index is 12.4. The van der Waals surface area contributed by atoms with Gasteiger partial charge in [-0.2, -0.15) is 5.10 Å². The molecule has 0 saturated heterocycles. The Kier molecular flexibility index (Phi) is 7.43. The van der Waals surface area contributed by atoms with E-state index in [1.807, 2.05) is 44.2 Å². The van der Waals surface area contributed by atoms with Gasteiger partial charge in [-0.1, -0.05) is 33.6 Å². The lowest BCUT2D eigenvalue weighted by atomic mass is 10.2. The Morgan fingerprint density at radius 3 is 2.50 bits per heavy atom. The molecular formula is C22H22BrClN4O3S. The first kappa shape index (κ1) is 24.0. The molecule has 1 N–H and O–H groups in total. The van der Waals surface area contributed by atoms with Crippen molar-refractivity contribution in [1.29, 1.82) is 0 Å². The van der Waals surface area contributed by atoms with E-state index in [2.05, 4.69) is 31.0 Å². The highest BCUT2D eigenvalue weighted by atomic mass is 79.9. The van der Waals surface area contributed by atoms with E-state index < -0.39 is 22.5 Å². The molecule has 1 amide bonds. The Labute approximate surface area is 200 Å². The number of halogens is 2. The molecule has 3 rings (SSSR count). The van der Waals surface area contributed by atoms with Gasteiger partial charge in [0.25, 0.3) is 5.91 Å². The number of hydrazone groups is 1. The first-order valence-electron chi connectivity index (χ1n) is 9.56. The number of sulfonamides is 1. The highest BCUT2D eigenvalue weighted by molar-refractivity contribution is 9.10. The molecule has 0 aliphatic carbocycles. The van der Waals surface area contributed by atoms with Gasteiger partial charge in [-0.25, -0.2) is 13.8 Å². The highest BCUT2D eigenvalue weighted by Gasteiger charge is 2.20. The molecule has 2 aromatic carbocycles. The number of amides is 1. The fraction of sp³-hybridized carbons (Fsp3) is 0.182. The molecule has 0 fully saturated rings. The van der Waals surface area contributed by atoms with Gasteiger partial charge in [0.1, 0.15) is 6.54 Å². The summed E-state index contributed by atoms with van der Waals surface area (Å²) in [5, 5.41) is 4.49. The molecule has 0 aliphatic rings. The van der Waals surface area contributed by atoms with Crippen LogP contribution in [0.4, 0.5) is 5.69 Å². The number of hydrogen-bond donors (Lipinski definition) is 1. The molecule has 0 unspecified atom stereocenters. The van der Waals surface area contributed by atoms with Gasteiger partial charge >= 0.3 is 0 Å². The van der Waals surface area contributed by atoms with Crippen LogP contribution in [0.3, 0.4) is 0 Å². The van der Waals surface area contributed by atoms with Crippen molar-refractivity contribution >= 4 is 55.4 Å². The van der Waals surface area contributed by atoms with Crippen LogP contribution in [-0.2, 0) is 14.8 Å². The molecular weight excluding hydrogens is 516 g/mol. The van der Waals surface area contributed by atoms with Gasteiger partial charge in [0.2, 0.25) is 10.0 Å². The monoisotopic (exact) mass is 536 g/mol. The molecule has 1 heterocycles. The van der Waals surface area contributed by atoms with Crippen LogP contribution < -0.4 is 9.73 Å². The predicted molar refractivity (Wildman–Crippen MR) is 132 cm³/mol. The summed E-state index contributed by atoms with van der Waals surface area (Å²) in [6.45, 7) is 3.54. The second-order valence-corrected chi connectivity index (χ2v) is 10.4. The summed E-state index contributed by atoms with van der Waals surface area (Å²) in [4.78, 5) is 12.4. The average molecular weight is 538 g/mol. The van der Waals surface area contributed by atoms with Crippen molar-refractivity contribution in [1.82, 2.24) is 9.99 Å². The van der Waals surface area contributed by atoms with E-state index in [1.54, 1.807) is 18.3 Å². The van der Waals surface area contributed by atoms with Crippen molar-refractivity contribution in [3.8, 4) is 5.69 Å². The zero-order chi connectivity index (χ0) is 23.5. The third-order valence-electron chi connectivity index (χ3n) is 4.73. The topological polar surface area (TPSA) is 83.8 Å². The number of carbonyl (C=O) groups is 1. The number of aryl methyl sites for hydroxylation is 1. The number of nitrogens with one attached hydrogen (secondary N) is 1. The van der Waals surface area contributed by atoms with Gasteiger partial charge in [0, 0.05) is 32.1 Å². The number of nitrogens with zero attached hydrogens (tertiary/aromatic N) is 3. The molecule has 0 radical (unpaired) electrons. The molecule has 168 valence electrons. The summed E-state index contributed by atoms with van der Waals surface area (Å²) in [5.74, 6) is -0.567. The fourth-order valence-corrected chi connectivity index (χ4v) is 4.65. The van der Waals surface area contributed by atoms with Crippen LogP contribution in [0.1, 0.15) is 17.0 Å². The minimum atomic E-state index is -3.68. The third-order valence-corrected chi connectivity index (χ3v) is 6.62. The van der Waals surface area contributed by atoms with E-state index in [9.17, 15) is 13.2 Å². The quantitative estimate of drug-likeness (QED) is 0.358. The number of carbonyl (C=O) groups excluding carboxylic acids is 1. The molecule has 7 nitrogen and oxygen atoms in total. The molecule has 32 heavy (non-hydrogen) atoms. The Balaban J connectivity index is 1.73. The van der Waals surface area contributed by atoms with Crippen molar-refractivity contribution < 1.29 is 13.2 Å².